The molecule has 0 aliphatic heterocycles. The van der Waals surface area contributed by atoms with Crippen molar-refractivity contribution in [3.05, 3.63) is 29.8 Å². The second-order valence-electron chi connectivity index (χ2n) is 5.90. The predicted octanol–water partition coefficient (Wildman–Crippen LogP) is 2.36. The molecule has 0 saturated heterocycles. The van der Waals surface area contributed by atoms with Crippen LogP contribution in [0.3, 0.4) is 0 Å². The van der Waals surface area contributed by atoms with Crippen molar-refractivity contribution in [3.63, 3.8) is 0 Å². The van der Waals surface area contributed by atoms with Gasteiger partial charge in [-0.3, -0.25) is 0 Å². The number of hydrogen-bond donors (Lipinski definition) is 2. The fourth-order valence-corrected chi connectivity index (χ4v) is 3.93. The molecule has 1 aliphatic carbocycles. The van der Waals surface area contributed by atoms with E-state index in [-0.39, 0.29) is 12.1 Å². The minimum atomic E-state index is -3.47. The molecule has 0 unspecified atom stereocenters. The third-order valence-corrected chi connectivity index (χ3v) is 5.49. The minimum absolute atomic E-state index is 0.0755. The molecule has 1 aromatic carbocycles. The average Bonchev–Trinajstić information content (AvgIpc) is 2.41. The molecule has 0 bridgehead atoms. The lowest BCUT2D eigenvalue weighted by molar-refractivity contribution is 0.361. The van der Waals surface area contributed by atoms with Gasteiger partial charge in [-0.05, 0) is 36.5 Å². The fourth-order valence-electron chi connectivity index (χ4n) is 2.61. The summed E-state index contributed by atoms with van der Waals surface area (Å²) in [5.74, 6) is 0.395. The Labute approximate surface area is 121 Å². The predicted molar refractivity (Wildman–Crippen MR) is 81.1 cm³/mol. The molecule has 5 heteroatoms. The van der Waals surface area contributed by atoms with Crippen LogP contribution in [0.1, 0.15) is 51.0 Å². The molecule has 112 valence electrons. The lowest BCUT2D eigenvalue weighted by atomic mass is 9.92. The van der Waals surface area contributed by atoms with Crippen molar-refractivity contribution in [3.8, 4) is 0 Å². The molecule has 1 saturated carbocycles. The van der Waals surface area contributed by atoms with E-state index in [4.69, 9.17) is 5.73 Å². The third kappa shape index (κ3) is 3.59. The number of hydrogen-bond acceptors (Lipinski definition) is 3. The Hall–Kier alpha value is -0.910. The summed E-state index contributed by atoms with van der Waals surface area (Å²) in [5, 5.41) is 0. The van der Waals surface area contributed by atoms with E-state index in [0.717, 1.165) is 31.2 Å². The van der Waals surface area contributed by atoms with Crippen molar-refractivity contribution in [2.45, 2.75) is 62.4 Å². The Balaban J connectivity index is 2.13. The molecule has 0 spiro atoms. The van der Waals surface area contributed by atoms with Gasteiger partial charge in [-0.1, -0.05) is 38.8 Å². The van der Waals surface area contributed by atoms with E-state index in [9.17, 15) is 8.42 Å². The Morgan fingerprint density at radius 1 is 1.15 bits per heavy atom. The molecule has 1 aromatic rings. The summed E-state index contributed by atoms with van der Waals surface area (Å²) >= 11 is 0. The van der Waals surface area contributed by atoms with Crippen molar-refractivity contribution in [1.82, 2.24) is 4.72 Å². The first-order valence-electron chi connectivity index (χ1n) is 7.28. The average molecular weight is 296 g/mol. The maximum atomic E-state index is 12.4. The highest BCUT2D eigenvalue weighted by Crippen LogP contribution is 2.21. The van der Waals surface area contributed by atoms with Gasteiger partial charge >= 0.3 is 0 Å². The SMILES string of the molecule is CC(C)c1ccc(S(=O)(=O)N[C@@H]2CCCC[C@H]2N)cc1. The molecule has 20 heavy (non-hydrogen) atoms. The third-order valence-electron chi connectivity index (χ3n) is 3.98. The van der Waals surface area contributed by atoms with Crippen LogP contribution in [0.2, 0.25) is 0 Å². The molecule has 0 aromatic heterocycles. The number of benzene rings is 1. The summed E-state index contributed by atoms with van der Waals surface area (Å²) in [6.45, 7) is 4.17. The van der Waals surface area contributed by atoms with Gasteiger partial charge in [0.25, 0.3) is 0 Å². The van der Waals surface area contributed by atoms with Gasteiger partial charge in [-0.15, -0.1) is 0 Å². The van der Waals surface area contributed by atoms with Gasteiger partial charge in [0.2, 0.25) is 10.0 Å². The maximum Gasteiger partial charge on any atom is 0.240 e. The molecule has 1 aliphatic rings. The minimum Gasteiger partial charge on any atom is -0.326 e. The highest BCUT2D eigenvalue weighted by Gasteiger charge is 2.27. The van der Waals surface area contributed by atoms with Crippen LogP contribution in [0.15, 0.2) is 29.2 Å². The van der Waals surface area contributed by atoms with Crippen molar-refractivity contribution in [2.75, 3.05) is 0 Å². The number of nitrogens with one attached hydrogen (secondary N) is 1. The monoisotopic (exact) mass is 296 g/mol. The van der Waals surface area contributed by atoms with Crippen LogP contribution in [0.5, 0.6) is 0 Å². The number of rotatable bonds is 4. The van der Waals surface area contributed by atoms with Gasteiger partial charge in [-0.25, -0.2) is 13.1 Å². The molecule has 3 N–H and O–H groups in total. The van der Waals surface area contributed by atoms with E-state index in [1.807, 2.05) is 12.1 Å². The second kappa shape index (κ2) is 6.24. The fraction of sp³-hybridized carbons (Fsp3) is 0.600. The molecular weight excluding hydrogens is 272 g/mol. The summed E-state index contributed by atoms with van der Waals surface area (Å²) in [6, 6.07) is 6.88. The molecule has 0 amide bonds. The summed E-state index contributed by atoms with van der Waals surface area (Å²) in [4.78, 5) is 0.319. The van der Waals surface area contributed by atoms with Gasteiger partial charge in [0.1, 0.15) is 0 Å². The van der Waals surface area contributed by atoms with Gasteiger partial charge in [0, 0.05) is 12.1 Å². The lowest BCUT2D eigenvalue weighted by Crippen LogP contribution is -2.49. The Morgan fingerprint density at radius 3 is 2.30 bits per heavy atom. The van der Waals surface area contributed by atoms with Gasteiger partial charge in [0.15, 0.2) is 0 Å². The van der Waals surface area contributed by atoms with Crippen LogP contribution in [0.4, 0.5) is 0 Å². The summed E-state index contributed by atoms with van der Waals surface area (Å²) in [6.07, 6.45) is 3.83. The highest BCUT2D eigenvalue weighted by molar-refractivity contribution is 7.89. The van der Waals surface area contributed by atoms with Gasteiger partial charge in [0.05, 0.1) is 4.90 Å². The smallest absolute Gasteiger partial charge is 0.240 e. The molecule has 2 rings (SSSR count). The van der Waals surface area contributed by atoms with E-state index in [2.05, 4.69) is 18.6 Å². The Morgan fingerprint density at radius 2 is 1.75 bits per heavy atom. The standard InChI is InChI=1S/C15H24N2O2S/c1-11(2)12-7-9-13(10-8-12)20(18,19)17-15-6-4-3-5-14(15)16/h7-11,14-15,17H,3-6,16H2,1-2H3/t14-,15-/m1/s1. The molecule has 1 fully saturated rings. The Kier molecular flexibility index (Phi) is 4.83. The topological polar surface area (TPSA) is 72.2 Å². The molecule has 0 heterocycles. The summed E-state index contributed by atoms with van der Waals surface area (Å²) < 4.78 is 27.5. The quantitative estimate of drug-likeness (QED) is 0.896. The highest BCUT2D eigenvalue weighted by atomic mass is 32.2. The Bertz CT molecular complexity index is 537. The lowest BCUT2D eigenvalue weighted by Gasteiger charge is -2.29. The molecular formula is C15H24N2O2S. The normalized spacial score (nSPS) is 24.0. The number of nitrogens with two attached hydrogens (primary N) is 1. The first-order chi connectivity index (χ1) is 9.40. The first-order valence-corrected chi connectivity index (χ1v) is 8.76. The van der Waals surface area contributed by atoms with Crippen LogP contribution in [-0.4, -0.2) is 20.5 Å². The zero-order chi connectivity index (χ0) is 14.8. The van der Waals surface area contributed by atoms with Crippen molar-refractivity contribution in [1.29, 1.82) is 0 Å². The summed E-state index contributed by atoms with van der Waals surface area (Å²) in [5.41, 5.74) is 7.14. The van der Waals surface area contributed by atoms with Crippen molar-refractivity contribution < 1.29 is 8.42 Å². The second-order valence-corrected chi connectivity index (χ2v) is 7.61. The molecule has 2 atom stereocenters. The number of sulfonamides is 1. The van der Waals surface area contributed by atoms with Gasteiger partial charge in [-0.2, -0.15) is 0 Å². The maximum absolute atomic E-state index is 12.4. The van der Waals surface area contributed by atoms with Crippen LogP contribution in [0, 0.1) is 0 Å². The van der Waals surface area contributed by atoms with E-state index in [0.29, 0.717) is 10.8 Å². The van der Waals surface area contributed by atoms with Crippen molar-refractivity contribution >= 4 is 10.0 Å². The van der Waals surface area contributed by atoms with Crippen LogP contribution in [-0.2, 0) is 10.0 Å². The van der Waals surface area contributed by atoms with E-state index >= 15 is 0 Å². The summed E-state index contributed by atoms with van der Waals surface area (Å²) in [7, 11) is -3.47. The molecule has 0 radical (unpaired) electrons. The largest absolute Gasteiger partial charge is 0.326 e. The van der Waals surface area contributed by atoms with Crippen LogP contribution < -0.4 is 10.5 Å². The van der Waals surface area contributed by atoms with Gasteiger partial charge < -0.3 is 5.73 Å². The first kappa shape index (κ1) is 15.5. The van der Waals surface area contributed by atoms with Crippen molar-refractivity contribution in [2.24, 2.45) is 5.73 Å². The van der Waals surface area contributed by atoms with Crippen LogP contribution in [0.25, 0.3) is 0 Å². The molecule has 4 nitrogen and oxygen atoms in total. The zero-order valence-corrected chi connectivity index (χ0v) is 13.0. The van der Waals surface area contributed by atoms with E-state index < -0.39 is 10.0 Å². The van der Waals surface area contributed by atoms with Crippen LogP contribution >= 0.6 is 0 Å². The zero-order valence-electron chi connectivity index (χ0n) is 12.2. The van der Waals surface area contributed by atoms with E-state index in [1.165, 1.54) is 0 Å². The van der Waals surface area contributed by atoms with E-state index in [1.54, 1.807) is 12.1 Å².